The normalized spacial score (nSPS) is 12.9. The van der Waals surface area contributed by atoms with Crippen LogP contribution in [0, 0.1) is 25.7 Å². The zero-order valence-electron chi connectivity index (χ0n) is 28.9. The van der Waals surface area contributed by atoms with Crippen molar-refractivity contribution in [2.45, 2.75) is 59.3 Å². The number of nitrogens with zero attached hydrogens (tertiary/aromatic N) is 5. The SMILES string of the molecule is Cc1cc(C(C)(C)C)cc(C(C)(C)C)c1N1[CH-]N(c2[c-]c(Oc3[c-]c(-n4cc(-c5ccccc5)cn4)ccc3)ccc2)c2cnccc21.[Pt]. The first-order chi connectivity index (χ1) is 23.0. The smallest absolute Gasteiger partial charge is 0.0571 e. The minimum Gasteiger partial charge on any atom is -0.509 e. The van der Waals surface area contributed by atoms with Crippen molar-refractivity contribution in [3.8, 4) is 28.3 Å². The molecule has 252 valence electrons. The maximum atomic E-state index is 6.34. The van der Waals surface area contributed by atoms with Crippen molar-refractivity contribution in [3.63, 3.8) is 0 Å². The third-order valence-electron chi connectivity index (χ3n) is 8.67. The van der Waals surface area contributed by atoms with Gasteiger partial charge >= 0.3 is 0 Å². The van der Waals surface area contributed by atoms with Crippen molar-refractivity contribution in [1.82, 2.24) is 14.8 Å². The Labute approximate surface area is 304 Å². The zero-order chi connectivity index (χ0) is 33.6. The van der Waals surface area contributed by atoms with E-state index in [1.807, 2.05) is 84.1 Å². The molecule has 4 aromatic carbocycles. The first-order valence-corrected chi connectivity index (χ1v) is 16.3. The summed E-state index contributed by atoms with van der Waals surface area (Å²) < 4.78 is 8.15. The first-order valence-electron chi connectivity index (χ1n) is 16.3. The molecule has 0 atom stereocenters. The summed E-state index contributed by atoms with van der Waals surface area (Å²) >= 11 is 0. The van der Waals surface area contributed by atoms with Crippen molar-refractivity contribution < 1.29 is 25.8 Å². The topological polar surface area (TPSA) is 46.4 Å². The Hall–Kier alpha value is -4.67. The van der Waals surface area contributed by atoms with Gasteiger partial charge in [-0.15, -0.1) is 48.8 Å². The Kier molecular flexibility index (Phi) is 9.30. The Morgan fingerprint density at radius 3 is 2.08 bits per heavy atom. The Morgan fingerprint density at radius 2 is 1.39 bits per heavy atom. The summed E-state index contributed by atoms with van der Waals surface area (Å²) in [6, 6.07) is 35.6. The van der Waals surface area contributed by atoms with Crippen molar-refractivity contribution in [2.24, 2.45) is 0 Å². The summed E-state index contributed by atoms with van der Waals surface area (Å²) in [5.41, 5.74) is 10.9. The number of hydrogen-bond acceptors (Lipinski definition) is 5. The number of ether oxygens (including phenoxy) is 1. The summed E-state index contributed by atoms with van der Waals surface area (Å²) in [4.78, 5) is 8.93. The van der Waals surface area contributed by atoms with Gasteiger partial charge in [-0.2, -0.15) is 17.2 Å². The largest absolute Gasteiger partial charge is 0.509 e. The molecule has 0 saturated carbocycles. The van der Waals surface area contributed by atoms with Crippen LogP contribution in [0.5, 0.6) is 11.5 Å². The van der Waals surface area contributed by atoms with Crippen LogP contribution in [0.2, 0.25) is 0 Å². The molecule has 0 bridgehead atoms. The van der Waals surface area contributed by atoms with Gasteiger partial charge in [0.1, 0.15) is 0 Å². The van der Waals surface area contributed by atoms with Gasteiger partial charge in [-0.3, -0.25) is 9.67 Å². The number of benzene rings is 4. The standard InChI is InChI=1S/C42H40N5O.Pt/c1-29-21-32(41(2,3)4)22-37(42(5,6)7)40(29)46-28-45(39-26-43-20-19-38(39)46)33-15-11-17-35(23-33)48-36-18-12-16-34(24-36)47-27-31(25-44-47)30-13-9-8-10-14-30;/h8-22,25-28H,1-7H3;/q-3;. The second-order valence-corrected chi connectivity index (χ2v) is 14.4. The van der Waals surface area contributed by atoms with Gasteiger partial charge in [0.2, 0.25) is 0 Å². The predicted molar refractivity (Wildman–Crippen MR) is 195 cm³/mol. The number of hydrogen-bond donors (Lipinski definition) is 0. The summed E-state index contributed by atoms with van der Waals surface area (Å²) in [5.74, 6) is 1.17. The molecular formula is C42H40N5OPt-3. The number of aryl methyl sites for hydroxylation is 1. The Morgan fingerprint density at radius 1 is 0.694 bits per heavy atom. The molecule has 0 aliphatic carbocycles. The second-order valence-electron chi connectivity index (χ2n) is 14.4. The van der Waals surface area contributed by atoms with Crippen molar-refractivity contribution in [1.29, 1.82) is 0 Å². The van der Waals surface area contributed by atoms with E-state index < -0.39 is 0 Å². The van der Waals surface area contributed by atoms with Gasteiger partial charge in [0.25, 0.3) is 0 Å². The van der Waals surface area contributed by atoms with E-state index in [4.69, 9.17) is 4.74 Å². The third kappa shape index (κ3) is 6.93. The number of anilines is 4. The molecule has 0 unspecified atom stereocenters. The average molecular weight is 826 g/mol. The Bertz CT molecular complexity index is 2090. The molecule has 1 aliphatic rings. The van der Waals surface area contributed by atoms with Crippen LogP contribution >= 0.6 is 0 Å². The van der Waals surface area contributed by atoms with Crippen LogP contribution < -0.4 is 14.5 Å². The Balaban J connectivity index is 0.00000417. The van der Waals surface area contributed by atoms with Gasteiger partial charge in [0.05, 0.1) is 11.9 Å². The fraction of sp³-hybridized carbons (Fsp3) is 0.214. The van der Waals surface area contributed by atoms with Gasteiger partial charge in [0.15, 0.2) is 0 Å². The van der Waals surface area contributed by atoms with Crippen LogP contribution in [0.25, 0.3) is 16.8 Å². The van der Waals surface area contributed by atoms with Crippen molar-refractivity contribution in [2.75, 3.05) is 9.80 Å². The van der Waals surface area contributed by atoms with E-state index in [1.165, 1.54) is 22.4 Å². The molecule has 0 N–H and O–H groups in total. The molecule has 6 aromatic rings. The molecule has 0 spiro atoms. The van der Waals surface area contributed by atoms with Crippen LogP contribution in [0.3, 0.4) is 0 Å². The summed E-state index contributed by atoms with van der Waals surface area (Å²) in [6.07, 6.45) is 7.63. The maximum absolute atomic E-state index is 6.34. The molecule has 3 heterocycles. The van der Waals surface area contributed by atoms with E-state index in [2.05, 4.69) is 117 Å². The van der Waals surface area contributed by atoms with Crippen molar-refractivity contribution >= 4 is 22.7 Å². The maximum Gasteiger partial charge on any atom is 0.0571 e. The fourth-order valence-electron chi connectivity index (χ4n) is 6.10. The molecule has 1 aliphatic heterocycles. The molecule has 2 aromatic heterocycles. The molecule has 0 amide bonds. The number of rotatable bonds is 6. The molecule has 0 fully saturated rings. The molecule has 6 nitrogen and oxygen atoms in total. The van der Waals surface area contributed by atoms with E-state index >= 15 is 0 Å². The van der Waals surface area contributed by atoms with Gasteiger partial charge in [-0.05, 0) is 51.8 Å². The predicted octanol–water partition coefficient (Wildman–Crippen LogP) is 10.6. The molecule has 7 rings (SSSR count). The van der Waals surface area contributed by atoms with E-state index in [0.717, 1.165) is 33.9 Å². The molecule has 7 heteroatoms. The van der Waals surface area contributed by atoms with Gasteiger partial charge in [0, 0.05) is 68.1 Å². The molecule has 0 saturated heterocycles. The van der Waals surface area contributed by atoms with E-state index in [0.29, 0.717) is 11.5 Å². The van der Waals surface area contributed by atoms with Crippen LogP contribution in [0.15, 0.2) is 110 Å². The average Bonchev–Trinajstić information content (AvgIpc) is 3.71. The molecular weight excluding hydrogens is 786 g/mol. The number of aromatic nitrogens is 3. The zero-order valence-corrected chi connectivity index (χ0v) is 31.2. The minimum absolute atomic E-state index is 0. The van der Waals surface area contributed by atoms with E-state index in [9.17, 15) is 0 Å². The third-order valence-corrected chi connectivity index (χ3v) is 8.67. The minimum atomic E-state index is -0.0694. The van der Waals surface area contributed by atoms with Crippen molar-refractivity contribution in [3.05, 3.63) is 145 Å². The number of fused-ring (bicyclic) bond motifs is 1. The molecule has 49 heavy (non-hydrogen) atoms. The fourth-order valence-corrected chi connectivity index (χ4v) is 6.10. The summed E-state index contributed by atoms with van der Waals surface area (Å²) in [7, 11) is 0. The van der Waals surface area contributed by atoms with E-state index in [1.54, 1.807) is 0 Å². The second kappa shape index (κ2) is 13.3. The summed E-state index contributed by atoms with van der Waals surface area (Å²) in [6.45, 7) is 18.0. The van der Waals surface area contributed by atoms with Gasteiger partial charge in [-0.25, -0.2) is 0 Å². The number of pyridine rings is 1. The monoisotopic (exact) mass is 825 g/mol. The van der Waals surface area contributed by atoms with Crippen LogP contribution in [-0.4, -0.2) is 14.8 Å². The van der Waals surface area contributed by atoms with Gasteiger partial charge < -0.3 is 14.5 Å². The van der Waals surface area contributed by atoms with Crippen LogP contribution in [0.4, 0.5) is 22.7 Å². The molecule has 0 radical (unpaired) electrons. The van der Waals surface area contributed by atoms with E-state index in [-0.39, 0.29) is 31.9 Å². The quantitative estimate of drug-likeness (QED) is 0.157. The van der Waals surface area contributed by atoms with Crippen LogP contribution in [-0.2, 0) is 31.9 Å². The summed E-state index contributed by atoms with van der Waals surface area (Å²) in [5, 5.41) is 4.58. The first kappa shape index (κ1) is 34.2. The van der Waals surface area contributed by atoms with Gasteiger partial charge in [-0.1, -0.05) is 84.0 Å². The van der Waals surface area contributed by atoms with Crippen LogP contribution in [0.1, 0.15) is 58.2 Å².